The maximum atomic E-state index is 11.6. The van der Waals surface area contributed by atoms with Crippen LogP contribution in [0.2, 0.25) is 0 Å². The van der Waals surface area contributed by atoms with Crippen LogP contribution in [0.3, 0.4) is 0 Å². The van der Waals surface area contributed by atoms with Gasteiger partial charge < -0.3 is 14.3 Å². The Hall–Kier alpha value is -1.63. The molecule has 0 fully saturated rings. The predicted molar refractivity (Wildman–Crippen MR) is 68.2 cm³/mol. The number of esters is 1. The van der Waals surface area contributed by atoms with Crippen molar-refractivity contribution < 1.29 is 28.1 Å². The summed E-state index contributed by atoms with van der Waals surface area (Å²) in [4.78, 5) is 21.9. The molecule has 1 atom stereocenters. The zero-order valence-corrected chi connectivity index (χ0v) is 11.4. The van der Waals surface area contributed by atoms with Gasteiger partial charge in [-0.05, 0) is 18.6 Å². The Bertz CT molecular complexity index is 465. The number of hydrogen-bond acceptors (Lipinski definition) is 5. The first-order valence-corrected chi connectivity index (χ1v) is 7.34. The van der Waals surface area contributed by atoms with E-state index in [4.69, 9.17) is 14.3 Å². The molecule has 1 heterocycles. The van der Waals surface area contributed by atoms with Gasteiger partial charge in [-0.25, -0.2) is 4.79 Å². The Balaban J connectivity index is 2.37. The van der Waals surface area contributed by atoms with Gasteiger partial charge in [0.1, 0.15) is 11.5 Å². The SMILES string of the molecule is CCCCOC(=O)CS(=O)Cc1ccc(C(=O)O)o1. The number of carboxylic acid groups (broad SMARTS) is 1. The average Bonchev–Trinajstić information content (AvgIpc) is 2.77. The van der Waals surface area contributed by atoms with Crippen LogP contribution in [0.15, 0.2) is 16.5 Å². The lowest BCUT2D eigenvalue weighted by Gasteiger charge is -2.03. The van der Waals surface area contributed by atoms with Gasteiger partial charge in [-0.3, -0.25) is 9.00 Å². The van der Waals surface area contributed by atoms with Crippen molar-refractivity contribution in [1.29, 1.82) is 0 Å². The third kappa shape index (κ3) is 5.69. The third-order valence-electron chi connectivity index (χ3n) is 2.22. The smallest absolute Gasteiger partial charge is 0.371 e. The van der Waals surface area contributed by atoms with Crippen molar-refractivity contribution in [1.82, 2.24) is 0 Å². The van der Waals surface area contributed by atoms with E-state index in [2.05, 4.69) is 0 Å². The summed E-state index contributed by atoms with van der Waals surface area (Å²) in [5.74, 6) is -1.86. The molecule has 1 rings (SSSR count). The van der Waals surface area contributed by atoms with Gasteiger partial charge in [-0.2, -0.15) is 0 Å². The first-order chi connectivity index (χ1) is 9.02. The molecule has 0 amide bonds. The Kier molecular flexibility index (Phi) is 6.27. The largest absolute Gasteiger partial charge is 0.475 e. The van der Waals surface area contributed by atoms with Crippen LogP contribution in [0.4, 0.5) is 0 Å². The van der Waals surface area contributed by atoms with Gasteiger partial charge in [0.25, 0.3) is 0 Å². The maximum absolute atomic E-state index is 11.6. The summed E-state index contributed by atoms with van der Waals surface area (Å²) < 4.78 is 21.5. The molecule has 1 N–H and O–H groups in total. The average molecular weight is 288 g/mol. The fraction of sp³-hybridized carbons (Fsp3) is 0.500. The molecule has 0 saturated carbocycles. The fourth-order valence-electron chi connectivity index (χ4n) is 1.28. The Labute approximate surface area is 113 Å². The molecule has 0 aliphatic rings. The van der Waals surface area contributed by atoms with E-state index >= 15 is 0 Å². The van der Waals surface area contributed by atoms with Gasteiger partial charge >= 0.3 is 11.9 Å². The quantitative estimate of drug-likeness (QED) is 0.576. The van der Waals surface area contributed by atoms with E-state index in [-0.39, 0.29) is 23.0 Å². The number of unbranched alkanes of at least 4 members (excludes halogenated alkanes) is 1. The van der Waals surface area contributed by atoms with Crippen molar-refractivity contribution in [2.45, 2.75) is 25.5 Å². The molecule has 0 aliphatic carbocycles. The van der Waals surface area contributed by atoms with E-state index in [1.807, 2.05) is 6.92 Å². The number of aromatic carboxylic acids is 1. The molecule has 7 heteroatoms. The predicted octanol–water partition coefficient (Wildman–Crippen LogP) is 1.57. The molecular weight excluding hydrogens is 272 g/mol. The standard InChI is InChI=1S/C12H16O6S/c1-2-3-6-17-11(13)8-19(16)7-9-4-5-10(18-9)12(14)15/h4-5H,2-3,6-8H2,1H3,(H,14,15). The maximum Gasteiger partial charge on any atom is 0.371 e. The normalized spacial score (nSPS) is 12.1. The molecule has 1 unspecified atom stereocenters. The second-order valence-electron chi connectivity index (χ2n) is 3.87. The van der Waals surface area contributed by atoms with Crippen LogP contribution in [0, 0.1) is 0 Å². The van der Waals surface area contributed by atoms with E-state index in [0.29, 0.717) is 6.61 Å². The van der Waals surface area contributed by atoms with E-state index in [9.17, 15) is 13.8 Å². The summed E-state index contributed by atoms with van der Waals surface area (Å²) in [7, 11) is -1.47. The summed E-state index contributed by atoms with van der Waals surface area (Å²) in [6.07, 6.45) is 1.69. The molecule has 0 bridgehead atoms. The van der Waals surface area contributed by atoms with E-state index in [1.54, 1.807) is 0 Å². The van der Waals surface area contributed by atoms with Gasteiger partial charge in [-0.1, -0.05) is 13.3 Å². The summed E-state index contributed by atoms with van der Waals surface area (Å²) in [5, 5.41) is 8.65. The highest BCUT2D eigenvalue weighted by molar-refractivity contribution is 7.84. The minimum absolute atomic E-state index is 0.00381. The third-order valence-corrected chi connectivity index (χ3v) is 3.38. The van der Waals surface area contributed by atoms with Gasteiger partial charge in [0.2, 0.25) is 5.76 Å². The van der Waals surface area contributed by atoms with Crippen molar-refractivity contribution in [2.75, 3.05) is 12.4 Å². The fourth-order valence-corrected chi connectivity index (χ4v) is 2.20. The lowest BCUT2D eigenvalue weighted by molar-refractivity contribution is -0.140. The van der Waals surface area contributed by atoms with Gasteiger partial charge in [-0.15, -0.1) is 0 Å². The number of ether oxygens (including phenoxy) is 1. The molecule has 1 aromatic heterocycles. The molecule has 0 spiro atoms. The highest BCUT2D eigenvalue weighted by Gasteiger charge is 2.14. The summed E-state index contributed by atoms with van der Waals surface area (Å²) in [5.41, 5.74) is 0. The summed E-state index contributed by atoms with van der Waals surface area (Å²) in [6, 6.07) is 2.72. The number of carbonyl (C=O) groups excluding carboxylic acids is 1. The lowest BCUT2D eigenvalue weighted by atomic mass is 10.4. The van der Waals surface area contributed by atoms with Gasteiger partial charge in [0.15, 0.2) is 0 Å². The zero-order valence-electron chi connectivity index (χ0n) is 10.6. The Morgan fingerprint density at radius 2 is 2.16 bits per heavy atom. The second-order valence-corrected chi connectivity index (χ2v) is 5.33. The molecule has 0 aliphatic heterocycles. The zero-order chi connectivity index (χ0) is 14.3. The highest BCUT2D eigenvalue weighted by atomic mass is 32.2. The molecule has 1 aromatic rings. The van der Waals surface area contributed by atoms with Crippen LogP contribution in [0.25, 0.3) is 0 Å². The van der Waals surface area contributed by atoms with Crippen molar-refractivity contribution in [3.05, 3.63) is 23.7 Å². The molecule has 6 nitrogen and oxygen atoms in total. The molecule has 0 radical (unpaired) electrons. The van der Waals surface area contributed by atoms with E-state index < -0.39 is 22.7 Å². The van der Waals surface area contributed by atoms with Crippen LogP contribution in [-0.4, -0.2) is 33.6 Å². The summed E-state index contributed by atoms with van der Waals surface area (Å²) >= 11 is 0. The van der Waals surface area contributed by atoms with Gasteiger partial charge in [0, 0.05) is 10.8 Å². The van der Waals surface area contributed by atoms with Crippen LogP contribution in [0.5, 0.6) is 0 Å². The molecular formula is C12H16O6S. The first-order valence-electron chi connectivity index (χ1n) is 5.85. The highest BCUT2D eigenvalue weighted by Crippen LogP contribution is 2.10. The summed E-state index contributed by atoms with van der Waals surface area (Å²) in [6.45, 7) is 2.30. The van der Waals surface area contributed by atoms with Crippen molar-refractivity contribution in [3.63, 3.8) is 0 Å². The van der Waals surface area contributed by atoms with Crippen molar-refractivity contribution in [2.24, 2.45) is 0 Å². The van der Waals surface area contributed by atoms with Crippen LogP contribution in [-0.2, 0) is 26.1 Å². The molecule has 0 aromatic carbocycles. The number of carbonyl (C=O) groups is 2. The van der Waals surface area contributed by atoms with Crippen LogP contribution < -0.4 is 0 Å². The Morgan fingerprint density at radius 1 is 1.42 bits per heavy atom. The van der Waals surface area contributed by atoms with Crippen molar-refractivity contribution in [3.8, 4) is 0 Å². The molecule has 106 valence electrons. The molecule has 19 heavy (non-hydrogen) atoms. The number of furan rings is 1. The molecule has 0 saturated heterocycles. The lowest BCUT2D eigenvalue weighted by Crippen LogP contribution is -2.15. The van der Waals surface area contributed by atoms with Crippen LogP contribution >= 0.6 is 0 Å². The van der Waals surface area contributed by atoms with E-state index in [0.717, 1.165) is 12.8 Å². The van der Waals surface area contributed by atoms with Crippen LogP contribution in [0.1, 0.15) is 36.1 Å². The minimum atomic E-state index is -1.47. The second kappa shape index (κ2) is 7.73. The topological polar surface area (TPSA) is 93.8 Å². The van der Waals surface area contributed by atoms with E-state index in [1.165, 1.54) is 12.1 Å². The number of rotatable bonds is 8. The number of hydrogen-bond donors (Lipinski definition) is 1. The van der Waals surface area contributed by atoms with Crippen molar-refractivity contribution >= 4 is 22.7 Å². The monoisotopic (exact) mass is 288 g/mol. The first kappa shape index (κ1) is 15.4. The minimum Gasteiger partial charge on any atom is -0.475 e. The van der Waals surface area contributed by atoms with Gasteiger partial charge in [0.05, 0.1) is 12.4 Å². The number of carboxylic acids is 1. The Morgan fingerprint density at radius 3 is 2.74 bits per heavy atom.